The first-order chi connectivity index (χ1) is 20.8. The van der Waals surface area contributed by atoms with Crippen molar-refractivity contribution in [1.29, 1.82) is 0 Å². The smallest absolute Gasteiger partial charge is 0.0547 e. The van der Waals surface area contributed by atoms with Gasteiger partial charge in [0, 0.05) is 38.8 Å². The van der Waals surface area contributed by atoms with E-state index in [1.807, 2.05) is 0 Å². The predicted octanol–water partition coefficient (Wildman–Crippen LogP) is 11.0. The molecule has 0 aliphatic rings. The lowest BCUT2D eigenvalue weighted by Crippen LogP contribution is -1.95. The number of nitrogens with one attached hydrogen (secondary N) is 1. The lowest BCUT2D eigenvalue weighted by Gasteiger charge is -2.16. The summed E-state index contributed by atoms with van der Waals surface area (Å²) < 4.78 is 2.38. The molecular weight excluding hydrogens is 508 g/mol. The first kappa shape index (κ1) is 24.2. The van der Waals surface area contributed by atoms with Gasteiger partial charge in [-0.3, -0.25) is 0 Å². The second kappa shape index (κ2) is 10.1. The van der Waals surface area contributed by atoms with E-state index in [-0.39, 0.29) is 0 Å². The van der Waals surface area contributed by atoms with Crippen LogP contribution in [-0.4, -0.2) is 4.57 Å². The van der Waals surface area contributed by atoms with Gasteiger partial charge in [-0.15, -0.1) is 0 Å². The highest BCUT2D eigenvalue weighted by Crippen LogP contribution is 2.39. The number of nitrogens with zero attached hydrogens (tertiary/aromatic N) is 1. The number of hydrogen-bond donors (Lipinski definition) is 1. The minimum Gasteiger partial charge on any atom is -0.355 e. The van der Waals surface area contributed by atoms with Crippen LogP contribution in [0.15, 0.2) is 164 Å². The van der Waals surface area contributed by atoms with E-state index >= 15 is 0 Å². The van der Waals surface area contributed by atoms with Crippen molar-refractivity contribution in [1.82, 2.24) is 4.57 Å². The van der Waals surface area contributed by atoms with Crippen LogP contribution in [0.5, 0.6) is 0 Å². The van der Waals surface area contributed by atoms with Crippen molar-refractivity contribution in [2.75, 3.05) is 5.32 Å². The van der Waals surface area contributed by atoms with Gasteiger partial charge in [0.15, 0.2) is 0 Å². The van der Waals surface area contributed by atoms with Crippen molar-refractivity contribution < 1.29 is 0 Å². The van der Waals surface area contributed by atoms with Crippen LogP contribution < -0.4 is 5.32 Å². The fourth-order valence-electron chi connectivity index (χ4n) is 6.26. The van der Waals surface area contributed by atoms with Gasteiger partial charge in [-0.1, -0.05) is 127 Å². The summed E-state index contributed by atoms with van der Waals surface area (Å²) in [4.78, 5) is 0. The van der Waals surface area contributed by atoms with Gasteiger partial charge in [0.2, 0.25) is 0 Å². The molecule has 0 aliphatic carbocycles. The molecule has 0 radical (unpaired) electrons. The van der Waals surface area contributed by atoms with Gasteiger partial charge in [0.25, 0.3) is 0 Å². The zero-order valence-corrected chi connectivity index (χ0v) is 23.0. The van der Waals surface area contributed by atoms with Crippen LogP contribution in [0.25, 0.3) is 60.5 Å². The molecule has 0 unspecified atom stereocenters. The Balaban J connectivity index is 1.28. The number of anilines is 2. The minimum absolute atomic E-state index is 1.09. The normalized spacial score (nSPS) is 11.3. The first-order valence-electron chi connectivity index (χ1n) is 14.4. The summed E-state index contributed by atoms with van der Waals surface area (Å²) in [5.74, 6) is 0. The molecule has 0 fully saturated rings. The molecule has 198 valence electrons. The van der Waals surface area contributed by atoms with Gasteiger partial charge in [-0.25, -0.2) is 0 Å². The molecule has 42 heavy (non-hydrogen) atoms. The molecule has 0 saturated heterocycles. The summed E-state index contributed by atoms with van der Waals surface area (Å²) in [7, 11) is 0. The molecule has 2 heteroatoms. The molecule has 0 saturated carbocycles. The van der Waals surface area contributed by atoms with E-state index in [2.05, 4.69) is 174 Å². The van der Waals surface area contributed by atoms with Crippen molar-refractivity contribution in [2.45, 2.75) is 0 Å². The zero-order valence-electron chi connectivity index (χ0n) is 23.0. The Labute approximate surface area is 245 Å². The van der Waals surface area contributed by atoms with E-state index in [0.29, 0.717) is 0 Å². The van der Waals surface area contributed by atoms with E-state index in [9.17, 15) is 0 Å². The maximum Gasteiger partial charge on any atom is 0.0547 e. The van der Waals surface area contributed by atoms with Crippen molar-refractivity contribution in [2.24, 2.45) is 0 Å². The highest BCUT2D eigenvalue weighted by atomic mass is 15.0. The number of benzene rings is 7. The molecular formula is C40H28N2. The van der Waals surface area contributed by atoms with Gasteiger partial charge in [0.1, 0.15) is 0 Å². The number of aromatic nitrogens is 1. The largest absolute Gasteiger partial charge is 0.355 e. The van der Waals surface area contributed by atoms with E-state index in [0.717, 1.165) is 11.4 Å². The Morgan fingerprint density at radius 3 is 1.83 bits per heavy atom. The van der Waals surface area contributed by atoms with Gasteiger partial charge in [-0.2, -0.15) is 0 Å². The van der Waals surface area contributed by atoms with Crippen molar-refractivity contribution in [3.05, 3.63) is 164 Å². The Morgan fingerprint density at radius 2 is 1.00 bits per heavy atom. The van der Waals surface area contributed by atoms with Gasteiger partial charge in [0.05, 0.1) is 11.0 Å². The average Bonchev–Trinajstić information content (AvgIpc) is 3.39. The molecule has 8 rings (SSSR count). The highest BCUT2D eigenvalue weighted by Gasteiger charge is 2.15. The molecule has 0 atom stereocenters. The summed E-state index contributed by atoms with van der Waals surface area (Å²) in [6, 6.07) is 58.5. The number of fused-ring (bicyclic) bond motifs is 4. The second-order valence-electron chi connectivity index (χ2n) is 10.7. The van der Waals surface area contributed by atoms with Crippen LogP contribution in [0.2, 0.25) is 0 Å². The fourth-order valence-corrected chi connectivity index (χ4v) is 6.26. The Morgan fingerprint density at radius 1 is 0.357 bits per heavy atom. The zero-order chi connectivity index (χ0) is 27.9. The quantitative estimate of drug-likeness (QED) is 0.231. The highest BCUT2D eigenvalue weighted by molar-refractivity contribution is 6.11. The minimum atomic E-state index is 1.09. The van der Waals surface area contributed by atoms with E-state index in [4.69, 9.17) is 0 Å². The molecule has 1 heterocycles. The third kappa shape index (κ3) is 4.05. The monoisotopic (exact) mass is 536 g/mol. The molecule has 1 aromatic heterocycles. The topological polar surface area (TPSA) is 17.0 Å². The van der Waals surface area contributed by atoms with Gasteiger partial charge < -0.3 is 9.88 Å². The van der Waals surface area contributed by atoms with Crippen LogP contribution >= 0.6 is 0 Å². The SMILES string of the molecule is c1ccc(-c2ccccc2Nc2ccc(-c3ccc4c5ccccc5n(-c5ccccc5)c4c3)c3ccccc23)cc1. The molecule has 0 bridgehead atoms. The molecule has 0 spiro atoms. The van der Waals surface area contributed by atoms with Crippen LogP contribution in [0.3, 0.4) is 0 Å². The molecule has 8 aromatic rings. The van der Waals surface area contributed by atoms with Crippen molar-refractivity contribution >= 4 is 44.0 Å². The average molecular weight is 537 g/mol. The molecule has 7 aromatic carbocycles. The predicted molar refractivity (Wildman–Crippen MR) is 179 cm³/mol. The van der Waals surface area contributed by atoms with Crippen LogP contribution in [-0.2, 0) is 0 Å². The van der Waals surface area contributed by atoms with Crippen molar-refractivity contribution in [3.8, 4) is 27.9 Å². The maximum absolute atomic E-state index is 3.77. The lowest BCUT2D eigenvalue weighted by atomic mass is 9.96. The van der Waals surface area contributed by atoms with Crippen LogP contribution in [0, 0.1) is 0 Å². The molecule has 2 nitrogen and oxygen atoms in total. The summed E-state index contributed by atoms with van der Waals surface area (Å²) in [5.41, 5.74) is 10.6. The molecule has 0 aliphatic heterocycles. The van der Waals surface area contributed by atoms with E-state index in [1.54, 1.807) is 0 Å². The summed E-state index contributed by atoms with van der Waals surface area (Å²) >= 11 is 0. The lowest BCUT2D eigenvalue weighted by molar-refractivity contribution is 1.18. The fraction of sp³-hybridized carbons (Fsp3) is 0. The third-order valence-electron chi connectivity index (χ3n) is 8.20. The summed E-state index contributed by atoms with van der Waals surface area (Å²) in [6.45, 7) is 0. The van der Waals surface area contributed by atoms with Crippen LogP contribution in [0.1, 0.15) is 0 Å². The Hall–Kier alpha value is -5.60. The van der Waals surface area contributed by atoms with E-state index in [1.165, 1.54) is 60.5 Å². The number of para-hydroxylation sites is 3. The second-order valence-corrected chi connectivity index (χ2v) is 10.7. The summed E-state index contributed by atoms with van der Waals surface area (Å²) in [6.07, 6.45) is 0. The third-order valence-corrected chi connectivity index (χ3v) is 8.20. The Kier molecular flexibility index (Phi) is 5.82. The number of hydrogen-bond acceptors (Lipinski definition) is 1. The number of rotatable bonds is 5. The Bertz CT molecular complexity index is 2210. The van der Waals surface area contributed by atoms with Crippen molar-refractivity contribution in [3.63, 3.8) is 0 Å². The summed E-state index contributed by atoms with van der Waals surface area (Å²) in [5, 5.41) is 8.72. The molecule has 0 amide bonds. The first-order valence-corrected chi connectivity index (χ1v) is 14.4. The molecule has 1 N–H and O–H groups in total. The van der Waals surface area contributed by atoms with Crippen LogP contribution in [0.4, 0.5) is 11.4 Å². The maximum atomic E-state index is 3.77. The van der Waals surface area contributed by atoms with E-state index < -0.39 is 0 Å². The van der Waals surface area contributed by atoms with Gasteiger partial charge >= 0.3 is 0 Å². The standard InChI is InChI=1S/C40H28N2/c1-3-13-28(14-4-1)32-17-9-11-21-37(32)41-38-26-25-31(33-18-7-8-19-34(33)38)29-23-24-36-35-20-10-12-22-39(35)42(40(36)27-29)30-15-5-2-6-16-30/h1-27,41H. The van der Waals surface area contributed by atoms with Gasteiger partial charge in [-0.05, 0) is 58.5 Å².